The molecule has 3 heterocycles. The maximum Gasteiger partial charge on any atom is 0.359 e. The molecule has 2 fully saturated rings. The second-order valence-electron chi connectivity index (χ2n) is 7.78. The minimum Gasteiger partial charge on any atom is -0.468 e. The molecule has 0 aliphatic carbocycles. The number of nitrogen functional groups attached to an aromatic ring is 1. The quantitative estimate of drug-likeness (QED) is 0.494. The van der Waals surface area contributed by atoms with Crippen molar-refractivity contribution in [3.05, 3.63) is 35.5 Å². The van der Waals surface area contributed by atoms with E-state index < -0.39 is 17.5 Å². The van der Waals surface area contributed by atoms with E-state index >= 15 is 0 Å². The molecule has 10 nitrogen and oxygen atoms in total. The molecule has 0 bridgehead atoms. The Morgan fingerprint density at radius 3 is 2.82 bits per heavy atom. The monoisotopic (exact) mass is 452 g/mol. The van der Waals surface area contributed by atoms with Crippen LogP contribution in [0.25, 0.3) is 11.4 Å². The minimum absolute atomic E-state index is 0.00821. The van der Waals surface area contributed by atoms with Crippen LogP contribution in [0.3, 0.4) is 0 Å². The van der Waals surface area contributed by atoms with Gasteiger partial charge in [0.1, 0.15) is 11.8 Å². The highest BCUT2D eigenvalue weighted by Crippen LogP contribution is 2.29. The number of likely N-dealkylation sites (N-methyl/N-ethyl adjacent to an activating group) is 1. The number of carbonyl (C=O) groups excluding carboxylic acids is 2. The Morgan fingerprint density at radius 1 is 1.39 bits per heavy atom. The van der Waals surface area contributed by atoms with E-state index in [9.17, 15) is 14.7 Å². The largest absolute Gasteiger partial charge is 0.468 e. The lowest BCUT2D eigenvalue weighted by Crippen LogP contribution is -2.39. The topological polar surface area (TPSA) is 137 Å². The number of aromatic nitrogens is 2. The first-order valence-corrected chi connectivity index (χ1v) is 10.5. The summed E-state index contributed by atoms with van der Waals surface area (Å²) in [7, 11) is 1.62. The lowest BCUT2D eigenvalue weighted by molar-refractivity contribution is -0.137. The Kier molecular flexibility index (Phi) is 6.18. The fourth-order valence-electron chi connectivity index (χ4n) is 3.34. The molecule has 172 valence electrons. The van der Waals surface area contributed by atoms with Gasteiger partial charge in [-0.3, -0.25) is 4.79 Å². The van der Waals surface area contributed by atoms with Crippen molar-refractivity contribution >= 4 is 17.6 Å². The molecule has 2 saturated heterocycles. The molecular formula is C23H24N4O6. The molecule has 0 radical (unpaired) electrons. The van der Waals surface area contributed by atoms with Crippen LogP contribution in [-0.4, -0.2) is 77.0 Å². The highest BCUT2D eigenvalue weighted by atomic mass is 16.6. The number of nitrogens with zero attached hydrogens (tertiary/aromatic N) is 3. The molecule has 1 aromatic heterocycles. The van der Waals surface area contributed by atoms with E-state index in [0.717, 1.165) is 0 Å². The van der Waals surface area contributed by atoms with Crippen LogP contribution in [0.4, 0.5) is 5.69 Å². The van der Waals surface area contributed by atoms with Crippen molar-refractivity contribution < 1.29 is 28.9 Å². The van der Waals surface area contributed by atoms with Crippen LogP contribution in [0.5, 0.6) is 5.88 Å². The van der Waals surface area contributed by atoms with E-state index in [2.05, 4.69) is 21.8 Å². The van der Waals surface area contributed by atoms with E-state index in [4.69, 9.17) is 19.9 Å². The van der Waals surface area contributed by atoms with Gasteiger partial charge in [-0.15, -0.1) is 0 Å². The van der Waals surface area contributed by atoms with Gasteiger partial charge < -0.3 is 30.0 Å². The molecule has 2 aliphatic rings. The third-order valence-electron chi connectivity index (χ3n) is 5.31. The zero-order chi connectivity index (χ0) is 23.6. The molecule has 0 unspecified atom stereocenters. The molecule has 10 heteroatoms. The summed E-state index contributed by atoms with van der Waals surface area (Å²) >= 11 is 0. The number of esters is 1. The maximum atomic E-state index is 12.4. The van der Waals surface area contributed by atoms with Crippen molar-refractivity contribution in [1.29, 1.82) is 0 Å². The molecule has 0 spiro atoms. The molecule has 0 saturated carbocycles. The highest BCUT2D eigenvalue weighted by Gasteiger charge is 2.42. The zero-order valence-corrected chi connectivity index (χ0v) is 18.3. The summed E-state index contributed by atoms with van der Waals surface area (Å²) in [6, 6.07) is 6.90. The predicted molar refractivity (Wildman–Crippen MR) is 117 cm³/mol. The van der Waals surface area contributed by atoms with Crippen LogP contribution in [-0.2, 0) is 14.3 Å². The summed E-state index contributed by atoms with van der Waals surface area (Å²) in [5.41, 5.74) is 5.37. The lowest BCUT2D eigenvalue weighted by atomic mass is 10.0. The zero-order valence-electron chi connectivity index (χ0n) is 18.3. The second kappa shape index (κ2) is 9.05. The third kappa shape index (κ3) is 4.60. The molecule has 2 aliphatic heterocycles. The van der Waals surface area contributed by atoms with Gasteiger partial charge in [0.2, 0.25) is 11.5 Å². The number of carbonyl (C=O) groups is 2. The number of hydrogen-bond acceptors (Lipinski definition) is 9. The van der Waals surface area contributed by atoms with Crippen LogP contribution >= 0.6 is 0 Å². The molecule has 1 atom stereocenters. The van der Waals surface area contributed by atoms with Gasteiger partial charge in [0.15, 0.2) is 11.5 Å². The summed E-state index contributed by atoms with van der Waals surface area (Å²) in [6.45, 7) is 3.08. The van der Waals surface area contributed by atoms with Crippen molar-refractivity contribution in [2.24, 2.45) is 0 Å². The highest BCUT2D eigenvalue weighted by molar-refractivity contribution is 5.94. The third-order valence-corrected chi connectivity index (χ3v) is 5.31. The van der Waals surface area contributed by atoms with E-state index in [1.807, 2.05) is 0 Å². The maximum absolute atomic E-state index is 12.4. The fraction of sp³-hybridized carbons (Fsp3) is 0.391. The Morgan fingerprint density at radius 2 is 2.18 bits per heavy atom. The summed E-state index contributed by atoms with van der Waals surface area (Å²) in [6.07, 6.45) is 0.0232. The van der Waals surface area contributed by atoms with Gasteiger partial charge in [-0.1, -0.05) is 24.0 Å². The number of aliphatic hydroxyl groups is 1. The Bertz CT molecular complexity index is 1150. The van der Waals surface area contributed by atoms with Gasteiger partial charge in [0.05, 0.1) is 19.8 Å². The molecule has 1 aromatic carbocycles. The lowest BCUT2D eigenvalue weighted by Gasteiger charge is -2.27. The molecule has 33 heavy (non-hydrogen) atoms. The molecule has 4 rings (SSSR count). The SMILES string of the molecule is CCOC(=O)c1nc(-c2cccc(C#C[C@]3(O)CCN(C)C3=O)c2)nc(OC2COC2)c1N. The first-order chi connectivity index (χ1) is 15.8. The van der Waals surface area contributed by atoms with E-state index in [-0.39, 0.29) is 42.2 Å². The first-order valence-electron chi connectivity index (χ1n) is 10.5. The summed E-state index contributed by atoms with van der Waals surface area (Å²) < 4.78 is 16.0. The average molecular weight is 452 g/mol. The minimum atomic E-state index is -1.70. The standard InChI is InChI=1S/C23H24N4O6/c1-3-32-21(28)18-17(24)20(33-16-12-31-13-16)26-19(25-18)15-6-4-5-14(11-15)7-8-23(30)9-10-27(2)22(23)29/h4-6,11,16,30H,3,9-10,12-13,24H2,1-2H3/t23-/m0/s1. The van der Waals surface area contributed by atoms with Crippen molar-refractivity contribution in [3.8, 4) is 29.1 Å². The number of hydrogen-bond donors (Lipinski definition) is 2. The number of ether oxygens (including phenoxy) is 3. The van der Waals surface area contributed by atoms with Gasteiger partial charge in [0.25, 0.3) is 5.91 Å². The molecule has 2 aromatic rings. The van der Waals surface area contributed by atoms with Gasteiger partial charge >= 0.3 is 5.97 Å². The van der Waals surface area contributed by atoms with Crippen LogP contribution in [0.15, 0.2) is 24.3 Å². The molecule has 3 N–H and O–H groups in total. The molecular weight excluding hydrogens is 428 g/mol. The fourth-order valence-corrected chi connectivity index (χ4v) is 3.34. The van der Waals surface area contributed by atoms with E-state index in [1.54, 1.807) is 38.2 Å². The summed E-state index contributed by atoms with van der Waals surface area (Å²) in [4.78, 5) is 34.7. The van der Waals surface area contributed by atoms with Crippen LogP contribution < -0.4 is 10.5 Å². The Hall–Kier alpha value is -3.68. The number of likely N-dealkylation sites (tertiary alicyclic amines) is 1. The van der Waals surface area contributed by atoms with Crippen molar-refractivity contribution in [2.75, 3.05) is 39.1 Å². The van der Waals surface area contributed by atoms with Crippen molar-refractivity contribution in [3.63, 3.8) is 0 Å². The average Bonchev–Trinajstić information content (AvgIpc) is 3.04. The van der Waals surface area contributed by atoms with Crippen LogP contribution in [0, 0.1) is 11.8 Å². The van der Waals surface area contributed by atoms with Gasteiger partial charge in [-0.2, -0.15) is 4.98 Å². The molecule has 1 amide bonds. The van der Waals surface area contributed by atoms with Crippen molar-refractivity contribution in [2.45, 2.75) is 25.0 Å². The normalized spacial score (nSPS) is 20.1. The number of benzene rings is 1. The first kappa shape index (κ1) is 22.5. The smallest absolute Gasteiger partial charge is 0.359 e. The van der Waals surface area contributed by atoms with Gasteiger partial charge in [0, 0.05) is 31.1 Å². The predicted octanol–water partition coefficient (Wildman–Crippen LogP) is 0.625. The van der Waals surface area contributed by atoms with E-state index in [1.165, 1.54) is 4.90 Å². The van der Waals surface area contributed by atoms with E-state index in [0.29, 0.717) is 30.9 Å². The summed E-state index contributed by atoms with van der Waals surface area (Å²) in [5, 5.41) is 10.5. The van der Waals surface area contributed by atoms with Crippen LogP contribution in [0.2, 0.25) is 0 Å². The second-order valence-corrected chi connectivity index (χ2v) is 7.78. The Balaban J connectivity index is 1.69. The van der Waals surface area contributed by atoms with Gasteiger partial charge in [-0.05, 0) is 19.1 Å². The van der Waals surface area contributed by atoms with Gasteiger partial charge in [-0.25, -0.2) is 9.78 Å². The van der Waals surface area contributed by atoms with Crippen LogP contribution in [0.1, 0.15) is 29.4 Å². The summed E-state index contributed by atoms with van der Waals surface area (Å²) in [5.74, 6) is 4.70. The Labute approximate surface area is 190 Å². The number of rotatable bonds is 5. The number of anilines is 1. The van der Waals surface area contributed by atoms with Crippen molar-refractivity contribution in [1.82, 2.24) is 14.9 Å². The number of amides is 1. The number of nitrogens with two attached hydrogens (primary N) is 1.